The number of nitriles is 1. The van der Waals surface area contributed by atoms with Gasteiger partial charge in [0.25, 0.3) is 0 Å². The average molecular weight is 341 g/mol. The van der Waals surface area contributed by atoms with Crippen LogP contribution in [0.15, 0.2) is 29.8 Å². The summed E-state index contributed by atoms with van der Waals surface area (Å²) in [4.78, 5) is 12.1. The fourth-order valence-corrected chi connectivity index (χ4v) is 1.82. The van der Waals surface area contributed by atoms with Crippen LogP contribution >= 0.6 is 0 Å². The summed E-state index contributed by atoms with van der Waals surface area (Å²) in [6.45, 7) is 4.34. The molecule has 0 aliphatic carbocycles. The standard InChI is InChI=1S/C17H19N5O3/c1-11(2)7-8-25-14-9-13(6-5-12(14)10-18)19-15-20-16(23-3)22-17(21-15)24-4/h5-7,9H,8H2,1-4H3,(H,19,20,21,22). The Hall–Kier alpha value is -3.34. The number of nitrogens with zero attached hydrogens (tertiary/aromatic N) is 4. The van der Waals surface area contributed by atoms with Crippen molar-refractivity contribution in [1.82, 2.24) is 15.0 Å². The topological polar surface area (TPSA) is 102 Å². The normalized spacial score (nSPS) is 9.72. The van der Waals surface area contributed by atoms with Crippen molar-refractivity contribution in [3.05, 3.63) is 35.4 Å². The first-order valence-corrected chi connectivity index (χ1v) is 7.47. The van der Waals surface area contributed by atoms with Crippen molar-refractivity contribution >= 4 is 11.6 Å². The number of allylic oxidation sites excluding steroid dienone is 1. The Kier molecular flexibility index (Phi) is 6.12. The van der Waals surface area contributed by atoms with Crippen molar-refractivity contribution in [2.24, 2.45) is 0 Å². The van der Waals surface area contributed by atoms with Gasteiger partial charge in [-0.25, -0.2) is 0 Å². The van der Waals surface area contributed by atoms with Gasteiger partial charge < -0.3 is 19.5 Å². The number of methoxy groups -OCH3 is 2. The highest BCUT2D eigenvalue weighted by Crippen LogP contribution is 2.25. The number of anilines is 2. The molecule has 0 radical (unpaired) electrons. The molecule has 0 saturated carbocycles. The lowest BCUT2D eigenvalue weighted by Crippen LogP contribution is -2.04. The van der Waals surface area contributed by atoms with Gasteiger partial charge in [-0.2, -0.15) is 15.2 Å². The summed E-state index contributed by atoms with van der Waals surface area (Å²) in [7, 11) is 2.91. The zero-order valence-electron chi connectivity index (χ0n) is 14.5. The van der Waals surface area contributed by atoms with Crippen LogP contribution in [0.5, 0.6) is 17.8 Å². The van der Waals surface area contributed by atoms with Crippen molar-refractivity contribution in [3.63, 3.8) is 0 Å². The summed E-state index contributed by atoms with van der Waals surface area (Å²) in [5.74, 6) is 0.724. The van der Waals surface area contributed by atoms with Crippen molar-refractivity contribution in [1.29, 1.82) is 5.26 Å². The third-order valence-electron chi connectivity index (χ3n) is 3.05. The number of rotatable bonds is 7. The minimum absolute atomic E-state index is 0.128. The summed E-state index contributed by atoms with van der Waals surface area (Å²) in [5.41, 5.74) is 2.23. The summed E-state index contributed by atoms with van der Waals surface area (Å²) >= 11 is 0. The lowest BCUT2D eigenvalue weighted by molar-refractivity contribution is 0.341. The molecule has 0 aliphatic heterocycles. The molecule has 0 aliphatic rings. The summed E-state index contributed by atoms with van der Waals surface area (Å²) < 4.78 is 15.7. The van der Waals surface area contributed by atoms with E-state index in [0.29, 0.717) is 23.6 Å². The van der Waals surface area contributed by atoms with Crippen LogP contribution in [0.1, 0.15) is 19.4 Å². The molecule has 2 rings (SSSR count). The van der Waals surface area contributed by atoms with Gasteiger partial charge in [0, 0.05) is 11.8 Å². The Morgan fingerprint density at radius 1 is 1.16 bits per heavy atom. The highest BCUT2D eigenvalue weighted by atomic mass is 16.5. The quantitative estimate of drug-likeness (QED) is 0.767. The summed E-state index contributed by atoms with van der Waals surface area (Å²) in [5, 5.41) is 12.2. The van der Waals surface area contributed by atoms with E-state index in [9.17, 15) is 5.26 Å². The molecule has 0 amide bonds. The smallest absolute Gasteiger partial charge is 0.324 e. The molecule has 0 unspecified atom stereocenters. The van der Waals surface area contributed by atoms with E-state index in [-0.39, 0.29) is 18.0 Å². The Balaban J connectivity index is 2.25. The molecule has 0 bridgehead atoms. The van der Waals surface area contributed by atoms with Crippen LogP contribution in [0.3, 0.4) is 0 Å². The molecular formula is C17H19N5O3. The second-order valence-electron chi connectivity index (χ2n) is 5.17. The van der Waals surface area contributed by atoms with E-state index in [0.717, 1.165) is 5.57 Å². The van der Waals surface area contributed by atoms with Crippen LogP contribution < -0.4 is 19.5 Å². The number of aromatic nitrogens is 3. The summed E-state index contributed by atoms with van der Waals surface area (Å²) in [6, 6.07) is 7.46. The number of hydrogen-bond donors (Lipinski definition) is 1. The van der Waals surface area contributed by atoms with Gasteiger partial charge in [-0.15, -0.1) is 4.98 Å². The first-order chi connectivity index (χ1) is 12.0. The van der Waals surface area contributed by atoms with Crippen molar-refractivity contribution in [3.8, 4) is 23.8 Å². The lowest BCUT2D eigenvalue weighted by atomic mass is 10.2. The molecule has 1 N–H and O–H groups in total. The maximum Gasteiger partial charge on any atom is 0.324 e. The number of hydrogen-bond acceptors (Lipinski definition) is 8. The predicted octanol–water partition coefficient (Wildman–Crippen LogP) is 2.85. The van der Waals surface area contributed by atoms with Crippen LogP contribution in [0.2, 0.25) is 0 Å². The van der Waals surface area contributed by atoms with E-state index in [1.807, 2.05) is 19.9 Å². The Labute approximate surface area is 146 Å². The molecule has 25 heavy (non-hydrogen) atoms. The van der Waals surface area contributed by atoms with Crippen molar-refractivity contribution < 1.29 is 14.2 Å². The van der Waals surface area contributed by atoms with E-state index in [2.05, 4.69) is 26.3 Å². The highest BCUT2D eigenvalue weighted by Gasteiger charge is 2.09. The fourth-order valence-electron chi connectivity index (χ4n) is 1.82. The lowest BCUT2D eigenvalue weighted by Gasteiger charge is -2.10. The maximum absolute atomic E-state index is 9.21. The van der Waals surface area contributed by atoms with Gasteiger partial charge in [0.15, 0.2) is 0 Å². The fraction of sp³-hybridized carbons (Fsp3) is 0.294. The third kappa shape index (κ3) is 5.07. The summed E-state index contributed by atoms with van der Waals surface area (Å²) in [6.07, 6.45) is 1.93. The second-order valence-corrected chi connectivity index (χ2v) is 5.17. The first kappa shape index (κ1) is 18.0. The number of nitrogens with one attached hydrogen (secondary N) is 1. The van der Waals surface area contributed by atoms with Crippen molar-refractivity contribution in [2.45, 2.75) is 13.8 Å². The molecule has 0 atom stereocenters. The molecule has 0 saturated heterocycles. The molecule has 0 fully saturated rings. The minimum atomic E-state index is 0.128. The largest absolute Gasteiger partial charge is 0.488 e. The molecule has 1 aromatic carbocycles. The Bertz CT molecular complexity index is 788. The number of ether oxygens (including phenoxy) is 3. The van der Waals surface area contributed by atoms with E-state index >= 15 is 0 Å². The molecular weight excluding hydrogens is 322 g/mol. The van der Waals surface area contributed by atoms with Crippen molar-refractivity contribution in [2.75, 3.05) is 26.1 Å². The molecule has 130 valence electrons. The second kappa shape index (κ2) is 8.49. The molecule has 1 heterocycles. The molecule has 1 aromatic heterocycles. The zero-order chi connectivity index (χ0) is 18.2. The van der Waals surface area contributed by atoms with E-state index in [1.54, 1.807) is 18.2 Å². The SMILES string of the molecule is COc1nc(Nc2ccc(C#N)c(OCC=C(C)C)c2)nc(OC)n1. The molecule has 2 aromatic rings. The van der Waals surface area contributed by atoms with Crippen LogP contribution in [-0.4, -0.2) is 35.8 Å². The number of benzene rings is 1. The first-order valence-electron chi connectivity index (χ1n) is 7.47. The van der Waals surface area contributed by atoms with Gasteiger partial charge in [0.1, 0.15) is 18.4 Å². The van der Waals surface area contributed by atoms with Crippen LogP contribution in [-0.2, 0) is 0 Å². The molecule has 0 spiro atoms. The average Bonchev–Trinajstić information content (AvgIpc) is 2.61. The van der Waals surface area contributed by atoms with Gasteiger partial charge >= 0.3 is 12.0 Å². The van der Waals surface area contributed by atoms with Gasteiger partial charge in [0.05, 0.1) is 19.8 Å². The monoisotopic (exact) mass is 341 g/mol. The van der Waals surface area contributed by atoms with Gasteiger partial charge in [-0.3, -0.25) is 0 Å². The van der Waals surface area contributed by atoms with Gasteiger partial charge in [0.2, 0.25) is 5.95 Å². The Morgan fingerprint density at radius 3 is 2.40 bits per heavy atom. The van der Waals surface area contributed by atoms with E-state index in [4.69, 9.17) is 14.2 Å². The van der Waals surface area contributed by atoms with Crippen LogP contribution in [0, 0.1) is 11.3 Å². The third-order valence-corrected chi connectivity index (χ3v) is 3.05. The Morgan fingerprint density at radius 2 is 1.84 bits per heavy atom. The zero-order valence-corrected chi connectivity index (χ0v) is 14.5. The highest BCUT2D eigenvalue weighted by molar-refractivity contribution is 5.60. The maximum atomic E-state index is 9.21. The van der Waals surface area contributed by atoms with Gasteiger partial charge in [-0.05, 0) is 32.1 Å². The predicted molar refractivity (Wildman–Crippen MR) is 92.3 cm³/mol. The molecule has 8 heteroatoms. The van der Waals surface area contributed by atoms with Crippen LogP contribution in [0.25, 0.3) is 0 Å². The van der Waals surface area contributed by atoms with E-state index < -0.39 is 0 Å². The minimum Gasteiger partial charge on any atom is -0.488 e. The van der Waals surface area contributed by atoms with E-state index in [1.165, 1.54) is 14.2 Å². The molecule has 8 nitrogen and oxygen atoms in total. The van der Waals surface area contributed by atoms with Crippen LogP contribution in [0.4, 0.5) is 11.6 Å². The van der Waals surface area contributed by atoms with Gasteiger partial charge in [-0.1, -0.05) is 5.57 Å².